The number of carbonyl (C=O) groups excluding carboxylic acids is 2. The molecule has 2 N–H and O–H groups in total. The molecular weight excluding hydrogens is 312 g/mol. The summed E-state index contributed by atoms with van der Waals surface area (Å²) in [5.41, 5.74) is 0.465. The fraction of sp³-hybridized carbons (Fsp3) is 0.375. The quantitative estimate of drug-likeness (QED) is 0.823. The number of amides is 2. The third-order valence-corrected chi connectivity index (χ3v) is 4.69. The summed E-state index contributed by atoms with van der Waals surface area (Å²) in [4.78, 5) is 28.1. The van der Waals surface area contributed by atoms with Gasteiger partial charge >= 0.3 is 0 Å². The lowest BCUT2D eigenvalue weighted by molar-refractivity contribution is -0.117. The van der Waals surface area contributed by atoms with Crippen molar-refractivity contribution in [2.45, 2.75) is 36.8 Å². The van der Waals surface area contributed by atoms with E-state index in [-0.39, 0.29) is 11.7 Å². The second kappa shape index (κ2) is 7.41. The third kappa shape index (κ3) is 4.19. The summed E-state index contributed by atoms with van der Waals surface area (Å²) >= 11 is 1.23. The Morgan fingerprint density at radius 3 is 2.70 bits per heavy atom. The Kier molecular flexibility index (Phi) is 5.07. The normalized spacial score (nSPS) is 14.8. The Labute approximate surface area is 138 Å². The van der Waals surface area contributed by atoms with E-state index in [9.17, 15) is 9.59 Å². The number of nitrogens with zero attached hydrogens (tertiary/aromatic N) is 2. The molecule has 0 radical (unpaired) electrons. The third-order valence-electron chi connectivity index (χ3n) is 3.85. The highest BCUT2D eigenvalue weighted by atomic mass is 32.2. The Balaban J connectivity index is 1.48. The van der Waals surface area contributed by atoms with Gasteiger partial charge < -0.3 is 0 Å². The molecule has 0 bridgehead atoms. The molecule has 3 rings (SSSR count). The fourth-order valence-electron chi connectivity index (χ4n) is 2.66. The predicted octanol–water partition coefficient (Wildman–Crippen LogP) is 2.51. The van der Waals surface area contributed by atoms with E-state index in [4.69, 9.17) is 0 Å². The lowest BCUT2D eigenvalue weighted by Gasteiger charge is -2.03. The van der Waals surface area contributed by atoms with E-state index in [1.165, 1.54) is 24.6 Å². The topological polar surface area (TPSA) is 87.7 Å². The van der Waals surface area contributed by atoms with Gasteiger partial charge in [0.25, 0.3) is 5.91 Å². The van der Waals surface area contributed by atoms with Crippen LogP contribution in [0.5, 0.6) is 0 Å². The van der Waals surface area contributed by atoms with Gasteiger partial charge in [0.1, 0.15) is 5.82 Å². The minimum Gasteiger partial charge on any atom is -0.292 e. The largest absolute Gasteiger partial charge is 0.292 e. The number of aromatic amines is 1. The van der Waals surface area contributed by atoms with Crippen molar-refractivity contribution in [2.75, 3.05) is 5.75 Å². The average Bonchev–Trinajstić information content (AvgIpc) is 3.25. The summed E-state index contributed by atoms with van der Waals surface area (Å²) in [6.45, 7) is 0. The molecule has 0 unspecified atom stereocenters. The lowest BCUT2D eigenvalue weighted by Crippen LogP contribution is -2.31. The Bertz CT molecular complexity index is 680. The summed E-state index contributed by atoms with van der Waals surface area (Å²) in [5.74, 6) is 0.741. The molecule has 1 aliphatic carbocycles. The number of H-pyrrole nitrogens is 1. The van der Waals surface area contributed by atoms with Gasteiger partial charge in [-0.25, -0.2) is 4.98 Å². The van der Waals surface area contributed by atoms with E-state index >= 15 is 0 Å². The standard InChI is InChI=1S/C16H18N4O2S/c21-13(17-15(22)12-8-2-1-3-9-12)10-23-16-18-14(19-20-16)11-6-4-5-7-11/h1-3,8-9,11H,4-7,10H2,(H,17,21,22)(H,18,19,20). The van der Waals surface area contributed by atoms with E-state index in [1.54, 1.807) is 24.3 Å². The lowest BCUT2D eigenvalue weighted by atomic mass is 10.1. The minimum absolute atomic E-state index is 0.112. The highest BCUT2D eigenvalue weighted by Crippen LogP contribution is 2.32. The first-order chi connectivity index (χ1) is 11.2. The number of nitrogens with one attached hydrogen (secondary N) is 2. The van der Waals surface area contributed by atoms with Crippen LogP contribution in [0.2, 0.25) is 0 Å². The van der Waals surface area contributed by atoms with Crippen LogP contribution in [0, 0.1) is 0 Å². The maximum absolute atomic E-state index is 11.9. The highest BCUT2D eigenvalue weighted by molar-refractivity contribution is 7.99. The number of carbonyl (C=O) groups is 2. The van der Waals surface area contributed by atoms with Gasteiger partial charge in [-0.2, -0.15) is 0 Å². The molecule has 1 heterocycles. The number of hydrogen-bond acceptors (Lipinski definition) is 5. The smallest absolute Gasteiger partial charge is 0.257 e. The molecule has 1 saturated carbocycles. The SMILES string of the molecule is O=C(CSc1n[nH]c(C2CCCC2)n1)NC(=O)c1ccccc1. The molecule has 1 fully saturated rings. The second-order valence-corrected chi connectivity index (χ2v) is 6.46. The summed E-state index contributed by atoms with van der Waals surface area (Å²) in [7, 11) is 0. The first-order valence-electron chi connectivity index (χ1n) is 7.66. The number of thioether (sulfide) groups is 1. The van der Waals surface area contributed by atoms with Crippen molar-refractivity contribution in [1.29, 1.82) is 0 Å². The van der Waals surface area contributed by atoms with Gasteiger partial charge in [0.15, 0.2) is 0 Å². The molecule has 1 aliphatic rings. The number of aromatic nitrogens is 3. The van der Waals surface area contributed by atoms with Gasteiger partial charge in [0, 0.05) is 11.5 Å². The molecule has 2 amide bonds. The zero-order chi connectivity index (χ0) is 16.1. The summed E-state index contributed by atoms with van der Waals surface area (Å²) in [5, 5.41) is 10.0. The van der Waals surface area contributed by atoms with E-state index in [0.29, 0.717) is 16.6 Å². The number of benzene rings is 1. The zero-order valence-electron chi connectivity index (χ0n) is 12.6. The van der Waals surface area contributed by atoms with E-state index in [1.807, 2.05) is 6.07 Å². The van der Waals surface area contributed by atoms with Gasteiger partial charge in [-0.05, 0) is 25.0 Å². The summed E-state index contributed by atoms with van der Waals surface area (Å²) < 4.78 is 0. The van der Waals surface area contributed by atoms with Crippen LogP contribution in [0.15, 0.2) is 35.5 Å². The number of rotatable bonds is 5. The van der Waals surface area contributed by atoms with Crippen molar-refractivity contribution < 1.29 is 9.59 Å². The van der Waals surface area contributed by atoms with Crippen LogP contribution in [0.25, 0.3) is 0 Å². The van der Waals surface area contributed by atoms with Crippen LogP contribution in [0.4, 0.5) is 0 Å². The van der Waals surface area contributed by atoms with Gasteiger partial charge in [-0.1, -0.05) is 42.8 Å². The first kappa shape index (κ1) is 15.7. The molecule has 23 heavy (non-hydrogen) atoms. The maximum atomic E-state index is 11.9. The molecule has 0 atom stereocenters. The van der Waals surface area contributed by atoms with Crippen LogP contribution in [0.1, 0.15) is 47.8 Å². The second-order valence-electron chi connectivity index (χ2n) is 5.52. The number of hydrogen-bond donors (Lipinski definition) is 2. The first-order valence-corrected chi connectivity index (χ1v) is 8.65. The Morgan fingerprint density at radius 2 is 1.96 bits per heavy atom. The van der Waals surface area contributed by atoms with E-state index < -0.39 is 5.91 Å². The van der Waals surface area contributed by atoms with Crippen LogP contribution in [0.3, 0.4) is 0 Å². The monoisotopic (exact) mass is 330 g/mol. The predicted molar refractivity (Wildman–Crippen MR) is 87.2 cm³/mol. The molecule has 120 valence electrons. The molecular formula is C16H18N4O2S. The van der Waals surface area contributed by atoms with Gasteiger partial charge in [-0.15, -0.1) is 5.10 Å². The summed E-state index contributed by atoms with van der Waals surface area (Å²) in [6.07, 6.45) is 4.76. The average molecular weight is 330 g/mol. The van der Waals surface area contributed by atoms with Crippen molar-refractivity contribution in [3.63, 3.8) is 0 Å². The van der Waals surface area contributed by atoms with Crippen molar-refractivity contribution in [3.8, 4) is 0 Å². The van der Waals surface area contributed by atoms with Crippen molar-refractivity contribution in [2.24, 2.45) is 0 Å². The van der Waals surface area contributed by atoms with Crippen LogP contribution >= 0.6 is 11.8 Å². The van der Waals surface area contributed by atoms with Crippen LogP contribution in [-0.2, 0) is 4.79 Å². The fourth-order valence-corrected chi connectivity index (χ4v) is 3.26. The van der Waals surface area contributed by atoms with Crippen molar-refractivity contribution in [1.82, 2.24) is 20.5 Å². The van der Waals surface area contributed by atoms with E-state index in [2.05, 4.69) is 20.5 Å². The van der Waals surface area contributed by atoms with E-state index in [0.717, 1.165) is 18.7 Å². The molecule has 1 aromatic carbocycles. The maximum Gasteiger partial charge on any atom is 0.257 e. The molecule has 6 nitrogen and oxygen atoms in total. The van der Waals surface area contributed by atoms with Crippen molar-refractivity contribution in [3.05, 3.63) is 41.7 Å². The highest BCUT2D eigenvalue weighted by Gasteiger charge is 2.21. The van der Waals surface area contributed by atoms with Crippen molar-refractivity contribution >= 4 is 23.6 Å². The Hall–Kier alpha value is -2.15. The van der Waals surface area contributed by atoms with Gasteiger partial charge in [0.2, 0.25) is 11.1 Å². The minimum atomic E-state index is -0.391. The molecule has 0 spiro atoms. The molecule has 1 aromatic heterocycles. The van der Waals surface area contributed by atoms with Crippen LogP contribution < -0.4 is 5.32 Å². The number of imide groups is 1. The zero-order valence-corrected chi connectivity index (χ0v) is 13.4. The summed E-state index contributed by atoms with van der Waals surface area (Å²) in [6, 6.07) is 8.66. The Morgan fingerprint density at radius 1 is 1.22 bits per heavy atom. The van der Waals surface area contributed by atoms with Crippen LogP contribution in [-0.4, -0.2) is 32.7 Å². The van der Waals surface area contributed by atoms with Gasteiger partial charge in [0.05, 0.1) is 5.75 Å². The molecule has 2 aromatic rings. The molecule has 0 saturated heterocycles. The molecule has 7 heteroatoms. The van der Waals surface area contributed by atoms with Gasteiger partial charge in [-0.3, -0.25) is 20.0 Å². The molecule has 0 aliphatic heterocycles.